The number of benzene rings is 1. The molecule has 4 rings (SSSR count). The fourth-order valence-corrected chi connectivity index (χ4v) is 5.48. The Morgan fingerprint density at radius 1 is 1.20 bits per heavy atom. The van der Waals surface area contributed by atoms with Gasteiger partial charge in [-0.05, 0) is 42.8 Å². The van der Waals surface area contributed by atoms with Gasteiger partial charge in [-0.1, -0.05) is 29.5 Å². The lowest BCUT2D eigenvalue weighted by molar-refractivity contribution is -0.118. The summed E-state index contributed by atoms with van der Waals surface area (Å²) < 4.78 is 6.62. The zero-order valence-electron chi connectivity index (χ0n) is 17.4. The average Bonchev–Trinajstić information content (AvgIpc) is 3.39. The van der Waals surface area contributed by atoms with Crippen LogP contribution in [-0.2, 0) is 16.0 Å². The predicted molar refractivity (Wildman–Crippen MR) is 129 cm³/mol. The van der Waals surface area contributed by atoms with Crippen LogP contribution < -0.4 is 4.90 Å². The van der Waals surface area contributed by atoms with Gasteiger partial charge in [-0.3, -0.25) is 14.6 Å². The SMILES string of the molecule is Cc1ccc(C)c2sc(N(CCCN3CCOCC3)C(=O)Cc3cccs3)nc12.Cl. The summed E-state index contributed by atoms with van der Waals surface area (Å²) in [5, 5.41) is 2.84. The molecule has 1 aliphatic rings. The second-order valence-electron chi connectivity index (χ2n) is 7.48. The van der Waals surface area contributed by atoms with Gasteiger partial charge in [0.05, 0.1) is 29.9 Å². The highest BCUT2D eigenvalue weighted by Crippen LogP contribution is 2.33. The van der Waals surface area contributed by atoms with Gasteiger partial charge in [0.1, 0.15) is 0 Å². The number of ether oxygens (including phenoxy) is 1. The molecule has 1 amide bonds. The number of nitrogens with zero attached hydrogens (tertiary/aromatic N) is 3. The molecule has 0 unspecified atom stereocenters. The number of halogens is 1. The van der Waals surface area contributed by atoms with Crippen LogP contribution in [0.25, 0.3) is 10.2 Å². The maximum Gasteiger partial charge on any atom is 0.234 e. The van der Waals surface area contributed by atoms with Gasteiger partial charge in [0.25, 0.3) is 0 Å². The molecule has 0 radical (unpaired) electrons. The Morgan fingerprint density at radius 2 is 1.97 bits per heavy atom. The van der Waals surface area contributed by atoms with Gasteiger partial charge >= 0.3 is 0 Å². The van der Waals surface area contributed by atoms with Crippen molar-refractivity contribution in [2.45, 2.75) is 26.7 Å². The highest BCUT2D eigenvalue weighted by molar-refractivity contribution is 7.22. The summed E-state index contributed by atoms with van der Waals surface area (Å²) in [7, 11) is 0. The van der Waals surface area contributed by atoms with Crippen molar-refractivity contribution >= 4 is 56.3 Å². The first-order valence-corrected chi connectivity index (χ1v) is 11.8. The largest absolute Gasteiger partial charge is 0.379 e. The summed E-state index contributed by atoms with van der Waals surface area (Å²) in [4.78, 5) is 23.5. The van der Waals surface area contributed by atoms with Crippen molar-refractivity contribution in [1.29, 1.82) is 0 Å². The zero-order valence-corrected chi connectivity index (χ0v) is 19.9. The Hall–Kier alpha value is -1.51. The first kappa shape index (κ1) is 23.2. The fourth-order valence-electron chi connectivity index (χ4n) is 3.63. The third-order valence-electron chi connectivity index (χ3n) is 5.33. The molecule has 0 aliphatic carbocycles. The smallest absolute Gasteiger partial charge is 0.234 e. The van der Waals surface area contributed by atoms with Crippen LogP contribution >= 0.6 is 35.1 Å². The molecule has 0 saturated carbocycles. The Bertz CT molecular complexity index is 929. The topological polar surface area (TPSA) is 45.7 Å². The van der Waals surface area contributed by atoms with Crippen molar-refractivity contribution in [1.82, 2.24) is 9.88 Å². The van der Waals surface area contributed by atoms with Crippen molar-refractivity contribution in [3.63, 3.8) is 0 Å². The number of aromatic nitrogens is 1. The molecule has 1 aromatic carbocycles. The van der Waals surface area contributed by atoms with Gasteiger partial charge in [-0.25, -0.2) is 4.98 Å². The van der Waals surface area contributed by atoms with E-state index in [1.807, 2.05) is 22.4 Å². The number of amides is 1. The van der Waals surface area contributed by atoms with E-state index >= 15 is 0 Å². The third kappa shape index (κ3) is 5.39. The minimum absolute atomic E-state index is 0. The van der Waals surface area contributed by atoms with Crippen LogP contribution in [0.5, 0.6) is 0 Å². The molecule has 1 aliphatic heterocycles. The Balaban J connectivity index is 0.00000256. The number of thiazole rings is 1. The number of hydrogen-bond acceptors (Lipinski definition) is 6. The minimum atomic E-state index is 0. The van der Waals surface area contributed by atoms with Crippen LogP contribution in [0, 0.1) is 13.8 Å². The Morgan fingerprint density at radius 3 is 2.67 bits per heavy atom. The molecular formula is C22H28ClN3O2S2. The van der Waals surface area contributed by atoms with Gasteiger partial charge in [-0.15, -0.1) is 23.7 Å². The molecule has 0 atom stereocenters. The van der Waals surface area contributed by atoms with Crippen LogP contribution in [0.1, 0.15) is 22.4 Å². The molecule has 1 fully saturated rings. The molecular weight excluding hydrogens is 438 g/mol. The van der Waals surface area contributed by atoms with Crippen LogP contribution in [0.3, 0.4) is 0 Å². The summed E-state index contributed by atoms with van der Waals surface area (Å²) in [6, 6.07) is 8.27. The zero-order chi connectivity index (χ0) is 20.2. The number of carbonyl (C=O) groups excluding carboxylic acids is 1. The quantitative estimate of drug-likeness (QED) is 0.507. The maximum atomic E-state index is 13.2. The number of aryl methyl sites for hydroxylation is 2. The van der Waals surface area contributed by atoms with E-state index < -0.39 is 0 Å². The second kappa shape index (κ2) is 10.7. The molecule has 3 heterocycles. The average molecular weight is 466 g/mol. The van der Waals surface area contributed by atoms with Crippen LogP contribution in [-0.4, -0.2) is 55.2 Å². The highest BCUT2D eigenvalue weighted by atomic mass is 35.5. The Labute approximate surface area is 192 Å². The number of carbonyl (C=O) groups is 1. The van der Waals surface area contributed by atoms with Gasteiger partial charge in [0.15, 0.2) is 5.13 Å². The summed E-state index contributed by atoms with van der Waals surface area (Å²) in [5.74, 6) is 0.129. The van der Waals surface area contributed by atoms with Crippen LogP contribution in [0.15, 0.2) is 29.6 Å². The lowest BCUT2D eigenvalue weighted by Gasteiger charge is -2.27. The van der Waals surface area contributed by atoms with E-state index in [1.165, 1.54) is 10.3 Å². The molecule has 5 nitrogen and oxygen atoms in total. The minimum Gasteiger partial charge on any atom is -0.379 e. The number of fused-ring (bicyclic) bond motifs is 1. The molecule has 0 spiro atoms. The number of thiophene rings is 1. The Kier molecular flexibility index (Phi) is 8.25. The lowest BCUT2D eigenvalue weighted by Crippen LogP contribution is -2.39. The monoisotopic (exact) mass is 465 g/mol. The van der Waals surface area contributed by atoms with E-state index in [0.717, 1.165) is 60.4 Å². The molecule has 162 valence electrons. The van der Waals surface area contributed by atoms with Crippen molar-refractivity contribution in [3.8, 4) is 0 Å². The van der Waals surface area contributed by atoms with E-state index in [-0.39, 0.29) is 18.3 Å². The molecule has 8 heteroatoms. The van der Waals surface area contributed by atoms with E-state index in [9.17, 15) is 4.79 Å². The van der Waals surface area contributed by atoms with Crippen molar-refractivity contribution in [2.75, 3.05) is 44.3 Å². The molecule has 0 bridgehead atoms. The van der Waals surface area contributed by atoms with Gasteiger partial charge in [0.2, 0.25) is 5.91 Å². The molecule has 3 aromatic rings. The van der Waals surface area contributed by atoms with Crippen molar-refractivity contribution in [2.24, 2.45) is 0 Å². The molecule has 1 saturated heterocycles. The fraction of sp³-hybridized carbons (Fsp3) is 0.455. The molecule has 0 N–H and O–H groups in total. The van der Waals surface area contributed by atoms with E-state index in [4.69, 9.17) is 9.72 Å². The van der Waals surface area contributed by atoms with Crippen molar-refractivity contribution in [3.05, 3.63) is 45.6 Å². The molecule has 2 aromatic heterocycles. The number of anilines is 1. The number of rotatable bonds is 7. The summed E-state index contributed by atoms with van der Waals surface area (Å²) >= 11 is 3.27. The van der Waals surface area contributed by atoms with Crippen LogP contribution in [0.4, 0.5) is 5.13 Å². The predicted octanol–water partition coefficient (Wildman–Crippen LogP) is 4.69. The summed E-state index contributed by atoms with van der Waals surface area (Å²) in [5.41, 5.74) is 3.40. The van der Waals surface area contributed by atoms with E-state index in [1.54, 1.807) is 22.7 Å². The third-order valence-corrected chi connectivity index (χ3v) is 7.42. The molecule has 30 heavy (non-hydrogen) atoms. The van der Waals surface area contributed by atoms with Gasteiger partial charge in [-0.2, -0.15) is 0 Å². The van der Waals surface area contributed by atoms with Gasteiger partial charge < -0.3 is 4.74 Å². The lowest BCUT2D eigenvalue weighted by atomic mass is 10.1. The maximum absolute atomic E-state index is 13.2. The van der Waals surface area contributed by atoms with Crippen LogP contribution in [0.2, 0.25) is 0 Å². The number of morpholine rings is 1. The van der Waals surface area contributed by atoms with Gasteiger partial charge in [0, 0.05) is 31.1 Å². The summed E-state index contributed by atoms with van der Waals surface area (Å²) in [6.45, 7) is 9.43. The highest BCUT2D eigenvalue weighted by Gasteiger charge is 2.22. The first-order valence-electron chi connectivity index (χ1n) is 10.1. The second-order valence-corrected chi connectivity index (χ2v) is 9.49. The number of hydrogen-bond donors (Lipinski definition) is 0. The van der Waals surface area contributed by atoms with E-state index in [2.05, 4.69) is 30.9 Å². The van der Waals surface area contributed by atoms with Crippen molar-refractivity contribution < 1.29 is 9.53 Å². The summed E-state index contributed by atoms with van der Waals surface area (Å²) in [6.07, 6.45) is 1.37. The van der Waals surface area contributed by atoms with E-state index in [0.29, 0.717) is 13.0 Å². The standard InChI is InChI=1S/C22H27N3O2S2.ClH/c1-16-6-7-17(2)21-20(16)23-22(29-21)25(19(26)15-18-5-3-14-28-18)9-4-8-24-10-12-27-13-11-24;/h3,5-7,14H,4,8-13,15H2,1-2H3;1H. The normalized spacial score (nSPS) is 14.6. The first-order chi connectivity index (χ1) is 14.1.